The molecule has 0 saturated heterocycles. The van der Waals surface area contributed by atoms with E-state index in [1.165, 1.54) is 0 Å². The number of amides is 2. The first-order chi connectivity index (χ1) is 12.5. The average molecular weight is 349 g/mol. The van der Waals surface area contributed by atoms with Crippen molar-refractivity contribution < 1.29 is 14.4 Å². The molecular weight excluding hydrogens is 330 g/mol. The molecular formula is C20H19N3O3. The highest BCUT2D eigenvalue weighted by Crippen LogP contribution is 2.62. The zero-order chi connectivity index (χ0) is 18.3. The Kier molecular flexibility index (Phi) is 3.83. The van der Waals surface area contributed by atoms with E-state index in [-0.39, 0.29) is 17.6 Å². The monoisotopic (exact) mass is 349 g/mol. The van der Waals surface area contributed by atoms with E-state index in [0.29, 0.717) is 24.2 Å². The Morgan fingerprint density at radius 1 is 1.19 bits per heavy atom. The van der Waals surface area contributed by atoms with Gasteiger partial charge in [0.15, 0.2) is 5.78 Å². The van der Waals surface area contributed by atoms with Crippen LogP contribution in [0.15, 0.2) is 48.8 Å². The lowest BCUT2D eigenvalue weighted by atomic mass is 9.92. The third-order valence-electron chi connectivity index (χ3n) is 5.46. The number of rotatable bonds is 4. The van der Waals surface area contributed by atoms with Gasteiger partial charge in [0.05, 0.1) is 22.9 Å². The molecule has 2 aliphatic rings. The Morgan fingerprint density at radius 2 is 1.92 bits per heavy atom. The zero-order valence-electron chi connectivity index (χ0n) is 14.4. The Balaban J connectivity index is 1.48. The van der Waals surface area contributed by atoms with Crippen molar-refractivity contribution in [3.63, 3.8) is 0 Å². The molecule has 2 heterocycles. The summed E-state index contributed by atoms with van der Waals surface area (Å²) in [6.07, 6.45) is 4.08. The maximum atomic E-state index is 13.0. The fraction of sp³-hybridized carbons (Fsp3) is 0.300. The van der Waals surface area contributed by atoms with Gasteiger partial charge in [-0.05, 0) is 36.2 Å². The molecule has 0 radical (unpaired) electrons. The molecule has 3 atom stereocenters. The van der Waals surface area contributed by atoms with Crippen LogP contribution in [-0.2, 0) is 16.0 Å². The van der Waals surface area contributed by atoms with Gasteiger partial charge in [-0.2, -0.15) is 0 Å². The fourth-order valence-corrected chi connectivity index (χ4v) is 3.92. The molecule has 2 amide bonds. The topological polar surface area (TPSA) is 88.2 Å². The van der Waals surface area contributed by atoms with Crippen molar-refractivity contribution in [1.29, 1.82) is 0 Å². The molecule has 0 bridgehead atoms. The minimum atomic E-state index is -0.975. The number of ketones is 1. The normalized spacial score (nSPS) is 26.2. The molecule has 26 heavy (non-hydrogen) atoms. The molecule has 1 aliphatic heterocycles. The number of fused-ring (bicyclic) bond motifs is 2. The number of hydrogen-bond acceptors (Lipinski definition) is 4. The number of carbonyl (C=O) groups excluding carboxylic acids is 3. The van der Waals surface area contributed by atoms with Gasteiger partial charge >= 0.3 is 0 Å². The number of nitrogens with one attached hydrogen (secondary N) is 2. The Hall–Kier alpha value is -3.02. The number of benzene rings is 1. The quantitative estimate of drug-likeness (QED) is 0.881. The van der Waals surface area contributed by atoms with E-state index < -0.39 is 17.3 Å². The molecule has 1 aromatic heterocycles. The SMILES string of the molecule is C[C@]12C(=O)c3ccccc3NC(=O)[C@@H]1[C@H]2C(=O)NCCc1ccncc1. The predicted molar refractivity (Wildman–Crippen MR) is 95.4 cm³/mol. The van der Waals surface area contributed by atoms with Gasteiger partial charge < -0.3 is 10.6 Å². The van der Waals surface area contributed by atoms with E-state index in [4.69, 9.17) is 0 Å². The Bertz CT molecular complexity index is 896. The van der Waals surface area contributed by atoms with E-state index in [1.807, 2.05) is 12.1 Å². The number of anilines is 1. The van der Waals surface area contributed by atoms with E-state index in [2.05, 4.69) is 15.6 Å². The van der Waals surface area contributed by atoms with Crippen molar-refractivity contribution in [2.45, 2.75) is 13.3 Å². The summed E-state index contributed by atoms with van der Waals surface area (Å²) in [5, 5.41) is 5.66. The second kappa shape index (κ2) is 6.05. The number of nitrogens with zero attached hydrogens (tertiary/aromatic N) is 1. The molecule has 0 spiro atoms. The summed E-state index contributed by atoms with van der Waals surface area (Å²) >= 11 is 0. The van der Waals surface area contributed by atoms with Crippen LogP contribution in [0.2, 0.25) is 0 Å². The van der Waals surface area contributed by atoms with Crippen LogP contribution >= 0.6 is 0 Å². The summed E-state index contributed by atoms with van der Waals surface area (Å²) in [6.45, 7) is 2.17. The molecule has 2 N–H and O–H groups in total. The van der Waals surface area contributed by atoms with Gasteiger partial charge in [-0.25, -0.2) is 0 Å². The molecule has 1 saturated carbocycles. The van der Waals surface area contributed by atoms with Gasteiger partial charge in [-0.3, -0.25) is 19.4 Å². The average Bonchev–Trinajstić information content (AvgIpc) is 3.30. The van der Waals surface area contributed by atoms with Crippen LogP contribution in [0, 0.1) is 17.3 Å². The molecule has 4 rings (SSSR count). The molecule has 0 unspecified atom stereocenters. The first kappa shape index (κ1) is 16.4. The van der Waals surface area contributed by atoms with Crippen molar-refractivity contribution in [3.05, 3.63) is 59.9 Å². The number of carbonyl (C=O) groups is 3. The van der Waals surface area contributed by atoms with Gasteiger partial charge in [-0.1, -0.05) is 19.1 Å². The van der Waals surface area contributed by atoms with Crippen LogP contribution in [-0.4, -0.2) is 29.1 Å². The first-order valence-electron chi connectivity index (χ1n) is 8.65. The number of aromatic nitrogens is 1. The Morgan fingerprint density at radius 3 is 2.69 bits per heavy atom. The fourth-order valence-electron chi connectivity index (χ4n) is 3.92. The predicted octanol–water partition coefficient (Wildman–Crippen LogP) is 1.83. The van der Waals surface area contributed by atoms with Gasteiger partial charge in [0.2, 0.25) is 11.8 Å². The van der Waals surface area contributed by atoms with Crippen LogP contribution < -0.4 is 10.6 Å². The van der Waals surface area contributed by atoms with Crippen molar-refractivity contribution in [3.8, 4) is 0 Å². The maximum Gasteiger partial charge on any atom is 0.229 e. The lowest BCUT2D eigenvalue weighted by molar-refractivity contribution is -0.125. The highest BCUT2D eigenvalue weighted by atomic mass is 16.2. The van der Waals surface area contributed by atoms with Gasteiger partial charge in [0, 0.05) is 24.5 Å². The summed E-state index contributed by atoms with van der Waals surface area (Å²) in [6, 6.07) is 10.7. The molecule has 1 aliphatic carbocycles. The summed E-state index contributed by atoms with van der Waals surface area (Å²) in [4.78, 5) is 42.1. The standard InChI is InChI=1S/C20H19N3O3/c1-20-15(18(25)22-11-8-12-6-9-21-10-7-12)16(20)19(26)23-14-5-3-2-4-13(14)17(20)24/h2-7,9-10,15-16H,8,11H2,1H3,(H,22,25)(H,23,26)/t15-,16-,20+/m0/s1. The lowest BCUT2D eigenvalue weighted by Gasteiger charge is -2.12. The van der Waals surface area contributed by atoms with Crippen molar-refractivity contribution >= 4 is 23.3 Å². The Labute approximate surface area is 151 Å². The summed E-state index contributed by atoms with van der Waals surface area (Å²) in [5.41, 5.74) is 1.09. The molecule has 1 fully saturated rings. The molecule has 6 nitrogen and oxygen atoms in total. The third-order valence-corrected chi connectivity index (χ3v) is 5.46. The van der Waals surface area contributed by atoms with E-state index in [9.17, 15) is 14.4 Å². The summed E-state index contributed by atoms with van der Waals surface area (Å²) in [5.74, 6) is -1.90. The van der Waals surface area contributed by atoms with Crippen molar-refractivity contribution in [2.24, 2.45) is 17.3 Å². The largest absolute Gasteiger partial charge is 0.355 e. The maximum absolute atomic E-state index is 13.0. The van der Waals surface area contributed by atoms with Crippen molar-refractivity contribution in [2.75, 3.05) is 11.9 Å². The summed E-state index contributed by atoms with van der Waals surface area (Å²) < 4.78 is 0. The zero-order valence-corrected chi connectivity index (χ0v) is 14.4. The second-order valence-corrected chi connectivity index (χ2v) is 7.00. The molecule has 1 aromatic carbocycles. The van der Waals surface area contributed by atoms with E-state index in [0.717, 1.165) is 5.56 Å². The minimum Gasteiger partial charge on any atom is -0.355 e. The van der Waals surface area contributed by atoms with Gasteiger partial charge in [-0.15, -0.1) is 0 Å². The second-order valence-electron chi connectivity index (χ2n) is 7.00. The smallest absolute Gasteiger partial charge is 0.229 e. The van der Waals surface area contributed by atoms with Gasteiger partial charge in [0.1, 0.15) is 0 Å². The van der Waals surface area contributed by atoms with Crippen LogP contribution in [0.1, 0.15) is 22.8 Å². The number of pyridine rings is 1. The van der Waals surface area contributed by atoms with Crippen molar-refractivity contribution in [1.82, 2.24) is 10.3 Å². The van der Waals surface area contributed by atoms with E-state index in [1.54, 1.807) is 43.6 Å². The number of para-hydroxylation sites is 1. The highest BCUT2D eigenvalue weighted by molar-refractivity contribution is 6.19. The third kappa shape index (κ3) is 2.49. The van der Waals surface area contributed by atoms with Crippen LogP contribution in [0.4, 0.5) is 5.69 Å². The number of Topliss-reactive ketones (excluding diaryl/α,β-unsaturated/α-hetero) is 1. The molecule has 6 heteroatoms. The minimum absolute atomic E-state index is 0.147. The van der Waals surface area contributed by atoms with Gasteiger partial charge in [0.25, 0.3) is 0 Å². The highest BCUT2D eigenvalue weighted by Gasteiger charge is 2.73. The van der Waals surface area contributed by atoms with Crippen LogP contribution in [0.3, 0.4) is 0 Å². The first-order valence-corrected chi connectivity index (χ1v) is 8.65. The molecule has 2 aromatic rings. The molecule has 132 valence electrons. The van der Waals surface area contributed by atoms with Crippen LogP contribution in [0.5, 0.6) is 0 Å². The van der Waals surface area contributed by atoms with Crippen LogP contribution in [0.25, 0.3) is 0 Å². The summed E-state index contributed by atoms with van der Waals surface area (Å²) in [7, 11) is 0. The number of hydrogen-bond donors (Lipinski definition) is 2. The van der Waals surface area contributed by atoms with E-state index >= 15 is 0 Å². The lowest BCUT2D eigenvalue weighted by Crippen LogP contribution is -2.31.